The van der Waals surface area contributed by atoms with Gasteiger partial charge in [0.05, 0.1) is 18.2 Å². The SMILES string of the molecule is CCOc1cccc(C2/C(=C(\O)c3ccc(C)cc3)C(=O)C(=O)N2c2nnc(SCc3ccc(F)cc3)s2)c1. The number of aliphatic hydroxyl groups excluding tert-OH is 1. The third kappa shape index (κ3) is 5.57. The van der Waals surface area contributed by atoms with E-state index in [1.165, 1.54) is 40.1 Å². The molecule has 0 bridgehead atoms. The highest BCUT2D eigenvalue weighted by Gasteiger charge is 2.48. The van der Waals surface area contributed by atoms with Gasteiger partial charge < -0.3 is 9.84 Å². The third-order valence-corrected chi connectivity index (χ3v) is 8.26. The number of aromatic nitrogens is 2. The number of hydrogen-bond donors (Lipinski definition) is 1. The number of benzene rings is 3. The van der Waals surface area contributed by atoms with Crippen LogP contribution in [-0.2, 0) is 15.3 Å². The molecule has 10 heteroatoms. The lowest BCUT2D eigenvalue weighted by atomic mass is 9.95. The summed E-state index contributed by atoms with van der Waals surface area (Å²) < 4.78 is 19.5. The van der Waals surface area contributed by atoms with E-state index in [4.69, 9.17) is 4.74 Å². The Hall–Kier alpha value is -4.02. The van der Waals surface area contributed by atoms with Gasteiger partial charge in [-0.15, -0.1) is 10.2 Å². The summed E-state index contributed by atoms with van der Waals surface area (Å²) in [5.74, 6) is -1.09. The van der Waals surface area contributed by atoms with E-state index in [2.05, 4.69) is 10.2 Å². The molecule has 1 fully saturated rings. The topological polar surface area (TPSA) is 92.6 Å². The Kier molecular flexibility index (Phi) is 7.76. The van der Waals surface area contributed by atoms with Crippen LogP contribution in [0.15, 0.2) is 82.7 Å². The van der Waals surface area contributed by atoms with Crippen LogP contribution in [0, 0.1) is 12.7 Å². The molecule has 1 atom stereocenters. The predicted molar refractivity (Wildman–Crippen MR) is 149 cm³/mol. The summed E-state index contributed by atoms with van der Waals surface area (Å²) in [5, 5.41) is 20.0. The molecule has 1 saturated heterocycles. The lowest BCUT2D eigenvalue weighted by molar-refractivity contribution is -0.132. The van der Waals surface area contributed by atoms with Crippen molar-refractivity contribution >= 4 is 45.7 Å². The van der Waals surface area contributed by atoms with Gasteiger partial charge in [-0.25, -0.2) is 4.39 Å². The van der Waals surface area contributed by atoms with Crippen molar-refractivity contribution in [2.75, 3.05) is 11.5 Å². The molecule has 198 valence electrons. The molecule has 1 amide bonds. The maximum absolute atomic E-state index is 13.4. The first kappa shape index (κ1) is 26.6. The molecule has 1 aliphatic heterocycles. The van der Waals surface area contributed by atoms with Gasteiger partial charge in [-0.1, -0.05) is 77.2 Å². The monoisotopic (exact) mass is 561 g/mol. The maximum Gasteiger partial charge on any atom is 0.301 e. The van der Waals surface area contributed by atoms with Gasteiger partial charge >= 0.3 is 5.91 Å². The molecular formula is C29H24FN3O4S2. The third-order valence-electron chi connectivity index (χ3n) is 6.13. The van der Waals surface area contributed by atoms with Gasteiger partial charge in [0.2, 0.25) is 5.13 Å². The van der Waals surface area contributed by atoms with Crippen LogP contribution in [0.25, 0.3) is 5.76 Å². The van der Waals surface area contributed by atoms with E-state index in [0.717, 1.165) is 11.1 Å². The number of aliphatic hydroxyl groups is 1. The summed E-state index contributed by atoms with van der Waals surface area (Å²) in [7, 11) is 0. The molecular weight excluding hydrogens is 537 g/mol. The Morgan fingerprint density at radius 1 is 1.08 bits per heavy atom. The maximum atomic E-state index is 13.4. The first-order valence-corrected chi connectivity index (χ1v) is 14.0. The number of aryl methyl sites for hydroxylation is 1. The van der Waals surface area contributed by atoms with E-state index in [9.17, 15) is 19.1 Å². The largest absolute Gasteiger partial charge is 0.507 e. The van der Waals surface area contributed by atoms with E-state index in [1.807, 2.05) is 26.0 Å². The Labute approximate surface area is 233 Å². The van der Waals surface area contributed by atoms with Gasteiger partial charge in [0.25, 0.3) is 5.78 Å². The minimum Gasteiger partial charge on any atom is -0.507 e. The van der Waals surface area contributed by atoms with Crippen molar-refractivity contribution in [2.24, 2.45) is 0 Å². The van der Waals surface area contributed by atoms with E-state index < -0.39 is 17.7 Å². The molecule has 0 spiro atoms. The lowest BCUT2D eigenvalue weighted by Gasteiger charge is -2.23. The summed E-state index contributed by atoms with van der Waals surface area (Å²) in [4.78, 5) is 28.1. The summed E-state index contributed by atoms with van der Waals surface area (Å²) in [6.45, 7) is 4.23. The van der Waals surface area contributed by atoms with Crippen LogP contribution in [0.3, 0.4) is 0 Å². The molecule has 1 N–H and O–H groups in total. The summed E-state index contributed by atoms with van der Waals surface area (Å²) in [6, 6.07) is 19.4. The number of halogens is 1. The molecule has 1 aliphatic rings. The summed E-state index contributed by atoms with van der Waals surface area (Å²) in [6.07, 6.45) is 0. The van der Waals surface area contributed by atoms with E-state index >= 15 is 0 Å². The van der Waals surface area contributed by atoms with Crippen LogP contribution < -0.4 is 9.64 Å². The molecule has 3 aromatic carbocycles. The van der Waals surface area contributed by atoms with Gasteiger partial charge in [0.15, 0.2) is 4.34 Å². The molecule has 2 heterocycles. The van der Waals surface area contributed by atoms with Crippen molar-refractivity contribution in [3.63, 3.8) is 0 Å². The first-order valence-electron chi connectivity index (χ1n) is 12.2. The summed E-state index contributed by atoms with van der Waals surface area (Å²) in [5.41, 5.74) is 2.88. The van der Waals surface area contributed by atoms with Gasteiger partial charge in [-0.2, -0.15) is 0 Å². The molecule has 5 rings (SSSR count). The second-order valence-corrected chi connectivity index (χ2v) is 11.0. The molecule has 0 radical (unpaired) electrons. The number of ketones is 1. The Morgan fingerprint density at radius 2 is 1.82 bits per heavy atom. The fourth-order valence-corrected chi connectivity index (χ4v) is 6.06. The highest BCUT2D eigenvalue weighted by atomic mass is 32.2. The molecule has 7 nitrogen and oxygen atoms in total. The Bertz CT molecular complexity index is 1550. The van der Waals surface area contributed by atoms with Crippen LogP contribution in [0.2, 0.25) is 0 Å². The van der Waals surface area contributed by atoms with Crippen molar-refractivity contribution in [3.05, 3.63) is 106 Å². The number of ether oxygens (including phenoxy) is 1. The number of carbonyl (C=O) groups excluding carboxylic acids is 2. The second-order valence-electron chi connectivity index (χ2n) is 8.81. The molecule has 39 heavy (non-hydrogen) atoms. The smallest absolute Gasteiger partial charge is 0.301 e. The van der Waals surface area contributed by atoms with E-state index in [1.54, 1.807) is 48.5 Å². The summed E-state index contributed by atoms with van der Waals surface area (Å²) >= 11 is 2.56. The second kappa shape index (κ2) is 11.4. The Balaban J connectivity index is 1.54. The van der Waals surface area contributed by atoms with Crippen molar-refractivity contribution in [1.29, 1.82) is 0 Å². The molecule has 1 unspecified atom stereocenters. The highest BCUT2D eigenvalue weighted by Crippen LogP contribution is 2.44. The van der Waals surface area contributed by atoms with Gasteiger partial charge in [0.1, 0.15) is 17.3 Å². The minimum atomic E-state index is -0.936. The number of thioether (sulfide) groups is 1. The average molecular weight is 562 g/mol. The number of rotatable bonds is 8. The number of anilines is 1. The number of nitrogens with zero attached hydrogens (tertiary/aromatic N) is 3. The first-order chi connectivity index (χ1) is 18.9. The van der Waals surface area contributed by atoms with E-state index in [-0.39, 0.29) is 22.3 Å². The standard InChI is InChI=1S/C29H24FN3O4S2/c1-3-37-22-6-4-5-20(15-22)24-23(25(34)19-11-7-17(2)8-12-19)26(35)27(36)33(24)28-31-32-29(39-28)38-16-18-9-13-21(30)14-10-18/h4-15,24,34H,3,16H2,1-2H3/b25-23+. The molecule has 0 aliphatic carbocycles. The zero-order valence-corrected chi connectivity index (χ0v) is 22.8. The van der Waals surface area contributed by atoms with Gasteiger partial charge in [0, 0.05) is 11.3 Å². The fraction of sp³-hybridized carbons (Fsp3) is 0.172. The zero-order chi connectivity index (χ0) is 27.5. The molecule has 4 aromatic rings. The number of hydrogen-bond acceptors (Lipinski definition) is 8. The quantitative estimate of drug-likeness (QED) is 0.0887. The van der Waals surface area contributed by atoms with Gasteiger partial charge in [-0.05, 0) is 49.2 Å². The van der Waals surface area contributed by atoms with Crippen molar-refractivity contribution in [1.82, 2.24) is 10.2 Å². The van der Waals surface area contributed by atoms with Crippen molar-refractivity contribution < 1.29 is 23.8 Å². The molecule has 0 saturated carbocycles. The minimum absolute atomic E-state index is 0.0341. The van der Waals surface area contributed by atoms with Gasteiger partial charge in [-0.3, -0.25) is 14.5 Å². The van der Waals surface area contributed by atoms with Crippen LogP contribution in [0.5, 0.6) is 5.75 Å². The van der Waals surface area contributed by atoms with Crippen LogP contribution in [0.1, 0.15) is 35.2 Å². The zero-order valence-electron chi connectivity index (χ0n) is 21.1. The Morgan fingerprint density at radius 3 is 2.54 bits per heavy atom. The normalized spacial score (nSPS) is 16.6. The van der Waals surface area contributed by atoms with Crippen LogP contribution >= 0.6 is 23.1 Å². The number of carbonyl (C=O) groups is 2. The van der Waals surface area contributed by atoms with Crippen molar-refractivity contribution in [3.8, 4) is 5.75 Å². The lowest BCUT2D eigenvalue weighted by Crippen LogP contribution is -2.29. The van der Waals surface area contributed by atoms with Crippen LogP contribution in [-0.4, -0.2) is 33.6 Å². The molecule has 1 aromatic heterocycles. The van der Waals surface area contributed by atoms with Crippen molar-refractivity contribution in [2.45, 2.75) is 30.0 Å². The predicted octanol–water partition coefficient (Wildman–Crippen LogP) is 6.30. The van der Waals surface area contributed by atoms with Crippen LogP contribution in [0.4, 0.5) is 9.52 Å². The van der Waals surface area contributed by atoms with E-state index in [0.29, 0.717) is 33.6 Å². The number of Topliss-reactive ketones (excluding diaryl/α,β-unsaturated/α-hetero) is 1. The fourth-order valence-electron chi connectivity index (χ4n) is 4.24. The number of amides is 1. The highest BCUT2D eigenvalue weighted by molar-refractivity contribution is 8.00. The average Bonchev–Trinajstić information content (AvgIpc) is 3.51.